The first-order chi connectivity index (χ1) is 12.3. The van der Waals surface area contributed by atoms with Crippen molar-refractivity contribution in [2.24, 2.45) is 12.0 Å². The van der Waals surface area contributed by atoms with Gasteiger partial charge >= 0.3 is 0 Å². The molecule has 8 heteroatoms. The summed E-state index contributed by atoms with van der Waals surface area (Å²) in [6.07, 6.45) is 5.81. The highest BCUT2D eigenvalue weighted by molar-refractivity contribution is 7.90. The zero-order chi connectivity index (χ0) is 19.2. The maximum Gasteiger partial charge on any atom is 0.193 e. The van der Waals surface area contributed by atoms with Crippen molar-refractivity contribution in [3.63, 3.8) is 0 Å². The van der Waals surface area contributed by atoms with E-state index in [0.717, 1.165) is 36.6 Å². The standard InChI is InChI=1S/C18H27N5O2S/c1-5-19-18(22(2)13-16-12-21-23(3)14-16)20-11-10-15-6-8-17(9-7-15)26(4,24)25/h6-9,12,14H,5,10-11,13H2,1-4H3,(H,19,20). The van der Waals surface area contributed by atoms with Crippen LogP contribution < -0.4 is 5.32 Å². The molecule has 0 fully saturated rings. The SMILES string of the molecule is CCNC(=NCCc1ccc(S(C)(=O)=O)cc1)N(C)Cc1cnn(C)c1. The molecule has 0 saturated heterocycles. The summed E-state index contributed by atoms with van der Waals surface area (Å²) in [5, 5.41) is 7.48. The number of guanidine groups is 1. The van der Waals surface area contributed by atoms with E-state index in [0.29, 0.717) is 11.4 Å². The molecule has 0 aliphatic carbocycles. The lowest BCUT2D eigenvalue weighted by molar-refractivity contribution is 0.477. The second kappa shape index (κ2) is 8.84. The number of aryl methyl sites for hydroxylation is 1. The average molecular weight is 378 g/mol. The molecular weight excluding hydrogens is 350 g/mol. The lowest BCUT2D eigenvalue weighted by Crippen LogP contribution is -2.38. The topological polar surface area (TPSA) is 79.6 Å². The average Bonchev–Trinajstić information content (AvgIpc) is 2.98. The number of rotatable bonds is 7. The summed E-state index contributed by atoms with van der Waals surface area (Å²) in [5.41, 5.74) is 2.18. The second-order valence-electron chi connectivity index (χ2n) is 6.28. The van der Waals surface area contributed by atoms with Crippen LogP contribution in [0.15, 0.2) is 46.5 Å². The number of benzene rings is 1. The second-order valence-corrected chi connectivity index (χ2v) is 8.30. The molecular formula is C18H27N5O2S. The quantitative estimate of drug-likeness (QED) is 0.584. The van der Waals surface area contributed by atoms with Gasteiger partial charge in [-0.3, -0.25) is 9.67 Å². The van der Waals surface area contributed by atoms with Crippen molar-refractivity contribution in [3.8, 4) is 0 Å². The lowest BCUT2D eigenvalue weighted by Gasteiger charge is -2.21. The van der Waals surface area contributed by atoms with Crippen LogP contribution in [-0.4, -0.2) is 55.5 Å². The number of aromatic nitrogens is 2. The summed E-state index contributed by atoms with van der Waals surface area (Å²) < 4.78 is 24.8. The highest BCUT2D eigenvalue weighted by atomic mass is 32.2. The van der Waals surface area contributed by atoms with E-state index in [1.807, 2.05) is 45.5 Å². The van der Waals surface area contributed by atoms with Crippen LogP contribution in [0.3, 0.4) is 0 Å². The molecule has 0 atom stereocenters. The molecule has 1 aromatic heterocycles. The van der Waals surface area contributed by atoms with Gasteiger partial charge in [0, 0.05) is 51.7 Å². The van der Waals surface area contributed by atoms with Crippen LogP contribution in [0.1, 0.15) is 18.1 Å². The van der Waals surface area contributed by atoms with Gasteiger partial charge in [0.1, 0.15) is 0 Å². The molecule has 0 spiro atoms. The Kier molecular flexibility index (Phi) is 6.79. The van der Waals surface area contributed by atoms with Crippen molar-refractivity contribution < 1.29 is 8.42 Å². The van der Waals surface area contributed by atoms with Crippen LogP contribution in [-0.2, 0) is 29.9 Å². The minimum Gasteiger partial charge on any atom is -0.357 e. The Bertz CT molecular complexity index is 841. The largest absolute Gasteiger partial charge is 0.357 e. The maximum absolute atomic E-state index is 11.5. The summed E-state index contributed by atoms with van der Waals surface area (Å²) >= 11 is 0. The monoisotopic (exact) mass is 377 g/mol. The minimum atomic E-state index is -3.15. The summed E-state index contributed by atoms with van der Waals surface area (Å²) in [4.78, 5) is 7.07. The van der Waals surface area contributed by atoms with Crippen molar-refractivity contribution in [1.29, 1.82) is 0 Å². The zero-order valence-electron chi connectivity index (χ0n) is 15.8. The summed E-state index contributed by atoms with van der Waals surface area (Å²) in [6.45, 7) is 4.18. The van der Waals surface area contributed by atoms with E-state index in [9.17, 15) is 8.42 Å². The van der Waals surface area contributed by atoms with Crippen LogP contribution in [0.5, 0.6) is 0 Å². The molecule has 2 aromatic rings. The molecule has 0 aliphatic rings. The molecule has 0 radical (unpaired) electrons. The van der Waals surface area contributed by atoms with Crippen LogP contribution in [0.2, 0.25) is 0 Å². The van der Waals surface area contributed by atoms with Gasteiger partial charge in [0.25, 0.3) is 0 Å². The van der Waals surface area contributed by atoms with E-state index in [-0.39, 0.29) is 0 Å². The van der Waals surface area contributed by atoms with Gasteiger partial charge in [-0.05, 0) is 31.0 Å². The number of hydrogen-bond acceptors (Lipinski definition) is 4. The minimum absolute atomic E-state index is 0.342. The lowest BCUT2D eigenvalue weighted by atomic mass is 10.1. The third kappa shape index (κ3) is 5.87. The van der Waals surface area contributed by atoms with Crippen molar-refractivity contribution in [3.05, 3.63) is 47.8 Å². The van der Waals surface area contributed by atoms with E-state index in [2.05, 4.69) is 20.3 Å². The van der Waals surface area contributed by atoms with E-state index in [4.69, 9.17) is 0 Å². The van der Waals surface area contributed by atoms with Crippen molar-refractivity contribution in [2.75, 3.05) is 26.4 Å². The highest BCUT2D eigenvalue weighted by Crippen LogP contribution is 2.11. The van der Waals surface area contributed by atoms with Crippen molar-refractivity contribution in [1.82, 2.24) is 20.0 Å². The van der Waals surface area contributed by atoms with E-state index in [1.165, 1.54) is 6.26 Å². The molecule has 2 rings (SSSR count). The van der Waals surface area contributed by atoms with E-state index in [1.54, 1.807) is 16.8 Å². The van der Waals surface area contributed by atoms with Gasteiger partial charge in [-0.15, -0.1) is 0 Å². The highest BCUT2D eigenvalue weighted by Gasteiger charge is 2.08. The van der Waals surface area contributed by atoms with Crippen LogP contribution in [0, 0.1) is 0 Å². The number of sulfone groups is 1. The van der Waals surface area contributed by atoms with Gasteiger partial charge in [0.15, 0.2) is 15.8 Å². The maximum atomic E-state index is 11.5. The van der Waals surface area contributed by atoms with Crippen molar-refractivity contribution >= 4 is 15.8 Å². The third-order valence-electron chi connectivity index (χ3n) is 3.89. The number of hydrogen-bond donors (Lipinski definition) is 1. The molecule has 0 bridgehead atoms. The van der Waals surface area contributed by atoms with Gasteiger partial charge in [0.2, 0.25) is 0 Å². The van der Waals surface area contributed by atoms with Gasteiger partial charge in [-0.25, -0.2) is 8.42 Å². The molecule has 1 N–H and O–H groups in total. The molecule has 142 valence electrons. The van der Waals surface area contributed by atoms with E-state index >= 15 is 0 Å². The fourth-order valence-electron chi connectivity index (χ4n) is 2.57. The van der Waals surface area contributed by atoms with Crippen LogP contribution in [0.25, 0.3) is 0 Å². The molecule has 0 saturated carbocycles. The molecule has 0 unspecified atom stereocenters. The predicted octanol–water partition coefficient (Wildman–Crippen LogP) is 1.46. The summed E-state index contributed by atoms with van der Waals surface area (Å²) in [6, 6.07) is 6.98. The van der Waals surface area contributed by atoms with Gasteiger partial charge in [-0.2, -0.15) is 5.10 Å². The molecule has 7 nitrogen and oxygen atoms in total. The molecule has 26 heavy (non-hydrogen) atoms. The Morgan fingerprint density at radius 3 is 2.50 bits per heavy atom. The molecule has 1 aromatic carbocycles. The first-order valence-electron chi connectivity index (χ1n) is 8.55. The Morgan fingerprint density at radius 2 is 1.96 bits per heavy atom. The predicted molar refractivity (Wildman–Crippen MR) is 104 cm³/mol. The Morgan fingerprint density at radius 1 is 1.27 bits per heavy atom. The van der Waals surface area contributed by atoms with E-state index < -0.39 is 9.84 Å². The normalized spacial score (nSPS) is 12.2. The fourth-order valence-corrected chi connectivity index (χ4v) is 3.20. The third-order valence-corrected chi connectivity index (χ3v) is 5.02. The molecule has 0 aliphatic heterocycles. The Balaban J connectivity index is 1.97. The van der Waals surface area contributed by atoms with Crippen LogP contribution in [0.4, 0.5) is 0 Å². The Labute approximate surface area is 155 Å². The smallest absolute Gasteiger partial charge is 0.193 e. The van der Waals surface area contributed by atoms with Crippen LogP contribution >= 0.6 is 0 Å². The van der Waals surface area contributed by atoms with Gasteiger partial charge in [0.05, 0.1) is 11.1 Å². The molecule has 0 amide bonds. The summed E-state index contributed by atoms with van der Waals surface area (Å²) in [7, 11) is 0.745. The first kappa shape index (κ1) is 20.0. The Hall–Kier alpha value is -2.35. The summed E-state index contributed by atoms with van der Waals surface area (Å²) in [5.74, 6) is 0.837. The first-order valence-corrected chi connectivity index (χ1v) is 10.4. The fraction of sp³-hybridized carbons (Fsp3) is 0.444. The molecule has 1 heterocycles. The van der Waals surface area contributed by atoms with Gasteiger partial charge in [-0.1, -0.05) is 12.1 Å². The number of nitrogens with zero attached hydrogens (tertiary/aromatic N) is 4. The number of nitrogens with one attached hydrogen (secondary N) is 1. The van der Waals surface area contributed by atoms with Gasteiger partial charge < -0.3 is 10.2 Å². The number of aliphatic imine (C=N–C) groups is 1. The van der Waals surface area contributed by atoms with Crippen molar-refractivity contribution in [2.45, 2.75) is 24.8 Å². The zero-order valence-corrected chi connectivity index (χ0v) is 16.6.